The summed E-state index contributed by atoms with van der Waals surface area (Å²) in [7, 11) is 1.73. The summed E-state index contributed by atoms with van der Waals surface area (Å²) >= 11 is 0. The van der Waals surface area contributed by atoms with Gasteiger partial charge in [0.15, 0.2) is 0 Å². The summed E-state index contributed by atoms with van der Waals surface area (Å²) in [6, 6.07) is 12.7. The molecule has 142 valence electrons. The van der Waals surface area contributed by atoms with Gasteiger partial charge in [-0.2, -0.15) is 0 Å². The van der Waals surface area contributed by atoms with Crippen LogP contribution in [0.1, 0.15) is 26.0 Å². The summed E-state index contributed by atoms with van der Waals surface area (Å²) in [4.78, 5) is 33.2. The van der Waals surface area contributed by atoms with Gasteiger partial charge in [0.1, 0.15) is 5.82 Å². The molecule has 0 saturated carbocycles. The second kappa shape index (κ2) is 8.18. The zero-order valence-electron chi connectivity index (χ0n) is 15.9. The van der Waals surface area contributed by atoms with Crippen LogP contribution >= 0.6 is 0 Å². The molecule has 1 aliphatic heterocycles. The lowest BCUT2D eigenvalue weighted by atomic mass is 10.1. The van der Waals surface area contributed by atoms with Crippen molar-refractivity contribution in [3.05, 3.63) is 48.2 Å². The van der Waals surface area contributed by atoms with Crippen LogP contribution in [0.15, 0.2) is 42.5 Å². The summed E-state index contributed by atoms with van der Waals surface area (Å²) in [5, 5.41) is 5.73. The van der Waals surface area contributed by atoms with Gasteiger partial charge in [0.2, 0.25) is 5.91 Å². The lowest BCUT2D eigenvalue weighted by Crippen LogP contribution is -2.45. The first kappa shape index (κ1) is 18.8. The number of likely N-dealkylation sites (N-methyl/N-ethyl adjacent to an activating group) is 1. The molecule has 0 radical (unpaired) electrons. The number of amides is 3. The minimum atomic E-state index is -0.318. The summed E-state index contributed by atoms with van der Waals surface area (Å²) in [5.74, 6) is 0.335. The highest BCUT2D eigenvalue weighted by Gasteiger charge is 2.32. The minimum Gasteiger partial charge on any atom is -0.318 e. The Morgan fingerprint density at radius 2 is 1.96 bits per heavy atom. The highest BCUT2D eigenvalue weighted by molar-refractivity contribution is 6.02. The standard InChI is InChI=1S/C20H25N5O2/c1-4-12-24-13-16-17(25(20(24)27)15-8-6-5-7-9-15)10-11-18(22-16)23-19(26)14(2)21-3/h5-11,14,21H,4,12-13H2,1-3H3,(H,22,23,26)/t14-/m0/s1. The van der Waals surface area contributed by atoms with E-state index in [1.165, 1.54) is 0 Å². The number of carbonyl (C=O) groups excluding carboxylic acids is 2. The van der Waals surface area contributed by atoms with Crippen LogP contribution in [0, 0.1) is 0 Å². The van der Waals surface area contributed by atoms with Crippen molar-refractivity contribution in [2.45, 2.75) is 32.9 Å². The van der Waals surface area contributed by atoms with E-state index in [0.29, 0.717) is 18.9 Å². The van der Waals surface area contributed by atoms with Gasteiger partial charge < -0.3 is 15.5 Å². The number of nitrogens with zero attached hydrogens (tertiary/aromatic N) is 3. The van der Waals surface area contributed by atoms with E-state index in [9.17, 15) is 9.59 Å². The van der Waals surface area contributed by atoms with E-state index in [1.807, 2.05) is 43.3 Å². The van der Waals surface area contributed by atoms with Crippen molar-refractivity contribution in [1.29, 1.82) is 0 Å². The molecule has 0 aliphatic carbocycles. The van der Waals surface area contributed by atoms with E-state index in [-0.39, 0.29) is 18.0 Å². The highest BCUT2D eigenvalue weighted by atomic mass is 16.2. The second-order valence-corrected chi connectivity index (χ2v) is 6.54. The fourth-order valence-corrected chi connectivity index (χ4v) is 3.01. The average molecular weight is 367 g/mol. The molecule has 1 aliphatic rings. The molecule has 2 N–H and O–H groups in total. The predicted octanol–water partition coefficient (Wildman–Crippen LogP) is 3.11. The number of nitrogens with one attached hydrogen (secondary N) is 2. The van der Waals surface area contributed by atoms with Crippen molar-refractivity contribution in [1.82, 2.24) is 15.2 Å². The Balaban J connectivity index is 1.97. The van der Waals surface area contributed by atoms with Gasteiger partial charge >= 0.3 is 6.03 Å². The molecule has 3 rings (SSSR count). The number of para-hydroxylation sites is 1. The van der Waals surface area contributed by atoms with Crippen LogP contribution in [0.2, 0.25) is 0 Å². The van der Waals surface area contributed by atoms with Crippen LogP contribution in [0.3, 0.4) is 0 Å². The molecule has 2 aromatic rings. The first-order valence-electron chi connectivity index (χ1n) is 9.17. The zero-order valence-corrected chi connectivity index (χ0v) is 15.9. The van der Waals surface area contributed by atoms with Crippen LogP contribution in [0.25, 0.3) is 0 Å². The van der Waals surface area contributed by atoms with E-state index in [1.54, 1.807) is 29.8 Å². The van der Waals surface area contributed by atoms with Gasteiger partial charge in [-0.05, 0) is 44.7 Å². The van der Waals surface area contributed by atoms with E-state index >= 15 is 0 Å². The SMILES string of the molecule is CCCN1Cc2nc(NC(=O)[C@H](C)NC)ccc2N(c2ccccc2)C1=O. The van der Waals surface area contributed by atoms with Gasteiger partial charge in [0.05, 0.1) is 29.7 Å². The summed E-state index contributed by atoms with van der Waals surface area (Å²) in [5.41, 5.74) is 2.31. The van der Waals surface area contributed by atoms with Crippen LogP contribution < -0.4 is 15.5 Å². The maximum atomic E-state index is 13.0. The Bertz CT molecular complexity index is 824. The molecular formula is C20H25N5O2. The third-order valence-corrected chi connectivity index (χ3v) is 4.58. The Kier molecular flexibility index (Phi) is 5.71. The molecule has 7 nitrogen and oxygen atoms in total. The van der Waals surface area contributed by atoms with Gasteiger partial charge in [-0.25, -0.2) is 9.78 Å². The number of pyridine rings is 1. The van der Waals surface area contributed by atoms with Crippen molar-refractivity contribution in [2.75, 3.05) is 23.8 Å². The lowest BCUT2D eigenvalue weighted by Gasteiger charge is -2.36. The van der Waals surface area contributed by atoms with Crippen LogP contribution in [0.4, 0.5) is 22.0 Å². The Hall–Kier alpha value is -2.93. The van der Waals surface area contributed by atoms with Crippen molar-refractivity contribution >= 4 is 29.1 Å². The van der Waals surface area contributed by atoms with Crippen LogP contribution in [-0.2, 0) is 11.3 Å². The highest BCUT2D eigenvalue weighted by Crippen LogP contribution is 2.34. The summed E-state index contributed by atoms with van der Waals surface area (Å²) in [6.07, 6.45) is 0.861. The molecule has 0 spiro atoms. The summed E-state index contributed by atoms with van der Waals surface area (Å²) in [6.45, 7) is 4.90. The van der Waals surface area contributed by atoms with Gasteiger partial charge in [0, 0.05) is 6.54 Å². The van der Waals surface area contributed by atoms with Gasteiger partial charge in [-0.3, -0.25) is 9.69 Å². The van der Waals surface area contributed by atoms with Crippen LogP contribution in [-0.4, -0.2) is 41.5 Å². The molecule has 1 aromatic heterocycles. The van der Waals surface area contributed by atoms with Gasteiger partial charge in [-0.1, -0.05) is 25.1 Å². The van der Waals surface area contributed by atoms with Crippen molar-refractivity contribution in [3.8, 4) is 0 Å². The molecular weight excluding hydrogens is 342 g/mol. The smallest absolute Gasteiger partial charge is 0.318 e. The maximum absolute atomic E-state index is 13.0. The monoisotopic (exact) mass is 367 g/mol. The molecule has 2 heterocycles. The molecule has 0 saturated heterocycles. The Morgan fingerprint density at radius 3 is 2.63 bits per heavy atom. The average Bonchev–Trinajstić information content (AvgIpc) is 2.69. The number of fused-ring (bicyclic) bond motifs is 1. The number of urea groups is 1. The maximum Gasteiger partial charge on any atom is 0.329 e. The van der Waals surface area contributed by atoms with Crippen molar-refractivity contribution in [3.63, 3.8) is 0 Å². The predicted molar refractivity (Wildman–Crippen MR) is 106 cm³/mol. The lowest BCUT2D eigenvalue weighted by molar-refractivity contribution is -0.117. The molecule has 27 heavy (non-hydrogen) atoms. The van der Waals surface area contributed by atoms with Crippen LogP contribution in [0.5, 0.6) is 0 Å². The van der Waals surface area contributed by atoms with E-state index in [0.717, 1.165) is 23.5 Å². The van der Waals surface area contributed by atoms with E-state index in [4.69, 9.17) is 0 Å². The molecule has 0 fully saturated rings. The Morgan fingerprint density at radius 1 is 1.22 bits per heavy atom. The van der Waals surface area contributed by atoms with E-state index in [2.05, 4.69) is 15.6 Å². The fourth-order valence-electron chi connectivity index (χ4n) is 3.01. The number of hydrogen-bond acceptors (Lipinski definition) is 4. The fraction of sp³-hybridized carbons (Fsp3) is 0.350. The number of carbonyl (C=O) groups is 2. The minimum absolute atomic E-state index is 0.0575. The van der Waals surface area contributed by atoms with Gasteiger partial charge in [-0.15, -0.1) is 0 Å². The van der Waals surface area contributed by atoms with Crippen molar-refractivity contribution < 1.29 is 9.59 Å². The third-order valence-electron chi connectivity index (χ3n) is 4.58. The number of benzene rings is 1. The number of hydrogen-bond donors (Lipinski definition) is 2. The number of aromatic nitrogens is 1. The molecule has 1 aromatic carbocycles. The topological polar surface area (TPSA) is 77.6 Å². The number of anilines is 3. The molecule has 0 unspecified atom stereocenters. The second-order valence-electron chi connectivity index (χ2n) is 6.54. The third kappa shape index (κ3) is 3.93. The van der Waals surface area contributed by atoms with E-state index < -0.39 is 0 Å². The molecule has 7 heteroatoms. The molecule has 1 atom stereocenters. The zero-order chi connectivity index (χ0) is 19.4. The first-order valence-corrected chi connectivity index (χ1v) is 9.17. The summed E-state index contributed by atoms with van der Waals surface area (Å²) < 4.78 is 0. The van der Waals surface area contributed by atoms with Gasteiger partial charge in [0.25, 0.3) is 0 Å². The Labute approximate surface area is 159 Å². The molecule has 0 bridgehead atoms. The normalized spacial score (nSPS) is 14.7. The molecule has 3 amide bonds. The largest absolute Gasteiger partial charge is 0.329 e. The number of rotatable bonds is 6. The first-order chi connectivity index (χ1) is 13.0. The quantitative estimate of drug-likeness (QED) is 0.822. The van der Waals surface area contributed by atoms with Crippen molar-refractivity contribution in [2.24, 2.45) is 0 Å².